The van der Waals surface area contributed by atoms with Gasteiger partial charge in [0, 0.05) is 71.9 Å². The summed E-state index contributed by atoms with van der Waals surface area (Å²) < 4.78 is -0.453. The van der Waals surface area contributed by atoms with Gasteiger partial charge in [-0.2, -0.15) is 0 Å². The molecule has 0 spiro atoms. The van der Waals surface area contributed by atoms with E-state index < -0.39 is 21.0 Å². The molecule has 8 aromatic carbocycles. The van der Waals surface area contributed by atoms with Gasteiger partial charge in [-0.3, -0.25) is 24.0 Å². The van der Waals surface area contributed by atoms with Crippen LogP contribution >= 0.6 is 59.7 Å². The van der Waals surface area contributed by atoms with Gasteiger partial charge >= 0.3 is 0 Å². The van der Waals surface area contributed by atoms with Crippen LogP contribution in [0.5, 0.6) is 0 Å². The molecule has 0 amide bonds. The molecule has 0 N–H and O–H groups in total. The number of allylic oxidation sites excluding steroid dienone is 6. The second-order valence-electron chi connectivity index (χ2n) is 27.9. The Balaban J connectivity index is 0.000000545. The fourth-order valence-corrected chi connectivity index (χ4v) is 19.2. The lowest BCUT2D eigenvalue weighted by Gasteiger charge is -2.49. The van der Waals surface area contributed by atoms with E-state index in [0.717, 1.165) is 69.8 Å². The van der Waals surface area contributed by atoms with Crippen molar-refractivity contribution in [3.8, 4) is 0 Å². The zero-order chi connectivity index (χ0) is 75.4. The molecule has 10 heteroatoms. The van der Waals surface area contributed by atoms with E-state index in [9.17, 15) is 24.0 Å². The van der Waals surface area contributed by atoms with Crippen molar-refractivity contribution in [3.05, 3.63) is 325 Å². The average Bonchev–Trinajstić information content (AvgIpc) is 0.746. The van der Waals surface area contributed by atoms with E-state index in [1.165, 1.54) is 104 Å². The van der Waals surface area contributed by atoms with Gasteiger partial charge < -0.3 is 0 Å². The molecule has 0 bridgehead atoms. The predicted octanol–water partition coefficient (Wildman–Crippen LogP) is 25.8. The van der Waals surface area contributed by atoms with Crippen LogP contribution < -0.4 is 0 Å². The molecule has 0 aliphatic rings. The summed E-state index contributed by atoms with van der Waals surface area (Å²) >= 11 is 9.05. The Morgan fingerprint density at radius 1 is 0.452 bits per heavy atom. The fraction of sp³-hybridized carbons (Fsp3) is 0.351. The molecule has 0 saturated heterocycles. The summed E-state index contributed by atoms with van der Waals surface area (Å²) in [6, 6.07) is 85.6. The normalized spacial score (nSPS) is 15.3. The first-order chi connectivity index (χ1) is 50.0. The molecule has 104 heavy (non-hydrogen) atoms. The van der Waals surface area contributed by atoms with Crippen molar-refractivity contribution < 1.29 is 24.0 Å². The zero-order valence-corrected chi connectivity index (χ0v) is 67.4. The van der Waals surface area contributed by atoms with Crippen LogP contribution in [-0.4, -0.2) is 41.8 Å². The van der Waals surface area contributed by atoms with Crippen molar-refractivity contribution in [1.82, 2.24) is 0 Å². The number of carbonyl (C=O) groups is 5. The molecule has 8 rings (SSSR count). The third-order valence-electron chi connectivity index (χ3n) is 20.6. The van der Waals surface area contributed by atoms with Crippen molar-refractivity contribution in [2.75, 3.05) is 5.75 Å². The molecule has 0 aromatic heterocycles. The fourth-order valence-electron chi connectivity index (χ4n) is 15.0. The maximum atomic E-state index is 13.8. The van der Waals surface area contributed by atoms with Gasteiger partial charge in [-0.05, 0) is 150 Å². The van der Waals surface area contributed by atoms with Crippen LogP contribution in [-0.2, 0) is 50.4 Å². The van der Waals surface area contributed by atoms with Crippen molar-refractivity contribution >= 4 is 96.4 Å². The van der Waals surface area contributed by atoms with Crippen molar-refractivity contribution in [1.29, 1.82) is 0 Å². The number of thioether (sulfide) groups is 4. The lowest BCUT2D eigenvalue weighted by atomic mass is 9.56. The molecule has 0 fully saturated rings. The van der Waals surface area contributed by atoms with E-state index in [1.807, 2.05) is 0 Å². The van der Waals surface area contributed by atoms with Crippen LogP contribution in [0.2, 0.25) is 0 Å². The van der Waals surface area contributed by atoms with Gasteiger partial charge in [-0.25, -0.2) is 0 Å². The second-order valence-corrected chi connectivity index (χ2v) is 34.3. The highest BCUT2D eigenvalue weighted by Crippen LogP contribution is 2.55. The Labute approximate surface area is 647 Å². The number of carbonyl (C=O) groups excluding carboxylic acids is 5. The lowest BCUT2D eigenvalue weighted by molar-refractivity contribution is -0.110. The first-order valence-corrected chi connectivity index (χ1v) is 41.0. The van der Waals surface area contributed by atoms with Crippen LogP contribution in [0.25, 0.3) is 11.1 Å². The third kappa shape index (κ3) is 26.4. The molecule has 8 unspecified atom stereocenters. The van der Waals surface area contributed by atoms with E-state index >= 15 is 0 Å². The summed E-state index contributed by atoms with van der Waals surface area (Å²) in [5.41, 5.74) is 11.0. The molecule has 0 saturated carbocycles. The van der Waals surface area contributed by atoms with Gasteiger partial charge in [-0.15, -0.1) is 25.8 Å². The molecule has 0 aliphatic carbocycles. The van der Waals surface area contributed by atoms with Gasteiger partial charge in [0.1, 0.15) is 0 Å². The molecule has 0 heterocycles. The minimum absolute atomic E-state index is 0.0236. The molecule has 548 valence electrons. The highest BCUT2D eigenvalue weighted by molar-refractivity contribution is 8.14. The number of rotatable bonds is 37. The van der Waals surface area contributed by atoms with Crippen LogP contribution in [0.4, 0.5) is 0 Å². The molecule has 0 radical (unpaired) electrons. The largest absolute Gasteiger partial charge is 0.288 e. The summed E-state index contributed by atoms with van der Waals surface area (Å²) in [7, 11) is 0. The third-order valence-corrected chi connectivity index (χ3v) is 25.1. The summed E-state index contributed by atoms with van der Waals surface area (Å²) in [5, 5.41) is 0.0651. The number of benzene rings is 8. The quantitative estimate of drug-likeness (QED) is 0.0302. The minimum Gasteiger partial charge on any atom is -0.288 e. The van der Waals surface area contributed by atoms with Gasteiger partial charge in [0.05, 0.1) is 0 Å². The Hall–Kier alpha value is -7.18. The highest BCUT2D eigenvalue weighted by atomic mass is 32.2. The van der Waals surface area contributed by atoms with Crippen molar-refractivity contribution in [2.45, 2.75) is 202 Å². The van der Waals surface area contributed by atoms with Gasteiger partial charge in [0.15, 0.2) is 25.6 Å². The van der Waals surface area contributed by atoms with E-state index in [4.69, 9.17) is 6.58 Å². The number of hydrogen-bond acceptors (Lipinski definition) is 9. The van der Waals surface area contributed by atoms with Gasteiger partial charge in [-0.1, -0.05) is 355 Å². The number of hydrogen-bond donors (Lipinski definition) is 1. The minimum atomic E-state index is -0.589. The lowest BCUT2D eigenvalue weighted by Crippen LogP contribution is -2.46. The SMILES string of the molecule is C=CC(C)(CC/C=C(/CC)c1ccccc1)c1ccccc1.C=CC(CCC(SC(C)=O)C(CCCC(CC/C=C(/CC)c1ccccc1)(SC(C)=O)c1ccccc1)c1ccccc1)(CC(CCSC(C)=O)(CC(C)(c1ccccc1)C(C)SC(C)=O)c1ccccc1)c1ccccc1.CC(=O)S. The molecule has 8 atom stereocenters. The van der Waals surface area contributed by atoms with E-state index in [0.29, 0.717) is 31.4 Å². The Morgan fingerprint density at radius 3 is 1.31 bits per heavy atom. The van der Waals surface area contributed by atoms with Gasteiger partial charge in [0.25, 0.3) is 0 Å². The topological polar surface area (TPSA) is 85.3 Å². The maximum Gasteiger partial charge on any atom is 0.186 e. The molecule has 0 aliphatic heterocycles. The van der Waals surface area contributed by atoms with E-state index in [-0.39, 0.29) is 47.4 Å². The monoisotopic (exact) mass is 1480 g/mol. The Bertz CT molecular complexity index is 3960. The molecular formula is C94H112O5S5. The van der Waals surface area contributed by atoms with Crippen LogP contribution in [0.3, 0.4) is 0 Å². The maximum absolute atomic E-state index is 13.8. The zero-order valence-electron chi connectivity index (χ0n) is 63.3. The first-order valence-electron chi connectivity index (χ1n) is 37.0. The molecule has 5 nitrogen and oxygen atoms in total. The Kier molecular flexibility index (Phi) is 36.3. The van der Waals surface area contributed by atoms with E-state index in [2.05, 4.69) is 321 Å². The standard InChI is InChI=1S/C70H82O4S4.C22H26.C2H4OS/c1-9-58(59-31-17-11-18-32-59)35-29-46-70(78-57(7)74,64-42-27-16-28-43-64)47-30-44-65(60-33-19-12-20-34-60)66(77-56(6)73)45-48-68(10-2,62-38-23-14-24-39-62)52-69(49-50-75-54(4)71,63-40-25-15-26-41-63)51-67(8,53(3)76-55(5)72)61-36-21-13-22-37-61;1-4-19(20-13-8-6-9-14-20)15-12-18-22(3,5-2)21-16-10-7-11-17-21;1-2(3)4/h10-28,31-43,53,65-66H,2,9,29-30,44-52H2,1,3-8H3;5-11,13-17H,2,4,12,18H2,1,3H3;1H3,(H,3,4)/b58-35-;19-15-;. The predicted molar refractivity (Wildman–Crippen MR) is 457 cm³/mol. The van der Waals surface area contributed by atoms with Crippen molar-refractivity contribution in [2.24, 2.45) is 0 Å². The van der Waals surface area contributed by atoms with Crippen LogP contribution in [0, 0.1) is 0 Å². The van der Waals surface area contributed by atoms with Crippen molar-refractivity contribution in [3.63, 3.8) is 0 Å². The number of thiol groups is 1. The smallest absolute Gasteiger partial charge is 0.186 e. The average molecular weight is 1480 g/mol. The summed E-state index contributed by atoms with van der Waals surface area (Å²) in [6.45, 7) is 28.1. The summed E-state index contributed by atoms with van der Waals surface area (Å²) in [5.74, 6) is 0.648. The first kappa shape index (κ1) is 85.7. The molecule has 8 aromatic rings. The van der Waals surface area contributed by atoms with Crippen LogP contribution in [0.1, 0.15) is 210 Å². The second kappa shape index (κ2) is 44.1. The Morgan fingerprint density at radius 2 is 0.875 bits per heavy atom. The van der Waals surface area contributed by atoms with Gasteiger partial charge in [0.2, 0.25) is 0 Å². The van der Waals surface area contributed by atoms with E-state index in [1.54, 1.807) is 27.7 Å². The summed E-state index contributed by atoms with van der Waals surface area (Å²) in [4.78, 5) is 62.4. The highest BCUT2D eigenvalue weighted by Gasteiger charge is 2.49. The summed E-state index contributed by atoms with van der Waals surface area (Å²) in [6.07, 6.45) is 20.8. The van der Waals surface area contributed by atoms with Crippen LogP contribution in [0.15, 0.2) is 280 Å². The molecular weight excluding hydrogens is 1370 g/mol.